The third-order valence-electron chi connectivity index (χ3n) is 6.65. The lowest BCUT2D eigenvalue weighted by atomic mass is 9.88. The Morgan fingerprint density at radius 2 is 1.84 bits per heavy atom. The highest BCUT2D eigenvalue weighted by Gasteiger charge is 2.21. The Labute approximate surface area is 191 Å². The molecule has 0 unspecified atom stereocenters. The maximum absolute atomic E-state index is 12.1. The summed E-state index contributed by atoms with van der Waals surface area (Å²) >= 11 is 0. The molecule has 172 valence electrons. The molecule has 0 bridgehead atoms. The van der Waals surface area contributed by atoms with Crippen LogP contribution in [0.25, 0.3) is 11.0 Å². The number of piperidine rings is 1. The minimum Gasteiger partial charge on any atom is -0.493 e. The zero-order valence-electron chi connectivity index (χ0n) is 19.3. The minimum atomic E-state index is -3.37. The summed E-state index contributed by atoms with van der Waals surface area (Å²) in [6.07, 6.45) is 3.33. The van der Waals surface area contributed by atoms with Gasteiger partial charge in [0.2, 0.25) is 14.9 Å². The first-order valence-electron chi connectivity index (χ1n) is 11.5. The Balaban J connectivity index is 1.27. The van der Waals surface area contributed by atoms with Gasteiger partial charge in [-0.05, 0) is 80.9 Å². The number of rotatable bonds is 8. The lowest BCUT2D eigenvalue weighted by molar-refractivity contribution is 0.193. The maximum atomic E-state index is 12.1. The summed E-state index contributed by atoms with van der Waals surface area (Å²) in [7, 11) is -3.37. The van der Waals surface area contributed by atoms with Gasteiger partial charge < -0.3 is 14.1 Å². The van der Waals surface area contributed by atoms with Crippen molar-refractivity contribution >= 4 is 20.8 Å². The fourth-order valence-electron chi connectivity index (χ4n) is 4.41. The van der Waals surface area contributed by atoms with Crippen molar-refractivity contribution in [2.24, 2.45) is 0 Å². The van der Waals surface area contributed by atoms with Gasteiger partial charge in [0, 0.05) is 12.6 Å². The second-order valence-corrected chi connectivity index (χ2v) is 11.0. The first kappa shape index (κ1) is 22.9. The maximum Gasteiger partial charge on any atom is 0.219 e. The molecule has 1 aliphatic rings. The number of aryl methyl sites for hydroxylation is 2. The third kappa shape index (κ3) is 5.02. The number of benzene rings is 2. The van der Waals surface area contributed by atoms with Gasteiger partial charge in [0.05, 0.1) is 17.7 Å². The Morgan fingerprint density at radius 3 is 2.56 bits per heavy atom. The molecule has 0 spiro atoms. The number of fused-ring (bicyclic) bond motifs is 1. The van der Waals surface area contributed by atoms with Crippen molar-refractivity contribution in [3.8, 4) is 5.75 Å². The second-order valence-electron chi connectivity index (χ2n) is 8.80. The van der Waals surface area contributed by atoms with Gasteiger partial charge in [-0.1, -0.05) is 31.2 Å². The van der Waals surface area contributed by atoms with E-state index in [4.69, 9.17) is 9.15 Å². The predicted octanol–water partition coefficient (Wildman–Crippen LogP) is 5.49. The van der Waals surface area contributed by atoms with E-state index >= 15 is 0 Å². The SMILES string of the molecule is CCS(=O)(=O)c1cc2c(OCCCN3CCC(c4ccc(C)c(C)c4)CC3)cccc2o1. The molecule has 6 heteroatoms. The molecule has 1 aliphatic heterocycles. The number of ether oxygens (including phenoxy) is 1. The molecule has 0 atom stereocenters. The van der Waals surface area contributed by atoms with Crippen molar-refractivity contribution in [1.82, 2.24) is 4.90 Å². The van der Waals surface area contributed by atoms with Crippen LogP contribution in [-0.4, -0.2) is 45.3 Å². The van der Waals surface area contributed by atoms with Crippen molar-refractivity contribution < 1.29 is 17.6 Å². The number of furan rings is 1. The molecule has 0 saturated carbocycles. The molecule has 32 heavy (non-hydrogen) atoms. The van der Waals surface area contributed by atoms with Crippen molar-refractivity contribution in [1.29, 1.82) is 0 Å². The van der Waals surface area contributed by atoms with Crippen LogP contribution in [-0.2, 0) is 9.84 Å². The van der Waals surface area contributed by atoms with Crippen molar-refractivity contribution in [3.05, 3.63) is 59.2 Å². The van der Waals surface area contributed by atoms with Crippen LogP contribution in [0.2, 0.25) is 0 Å². The van der Waals surface area contributed by atoms with Crippen LogP contribution in [0.4, 0.5) is 0 Å². The van der Waals surface area contributed by atoms with Crippen LogP contribution in [0.1, 0.15) is 48.8 Å². The average Bonchev–Trinajstić information content (AvgIpc) is 3.25. The van der Waals surface area contributed by atoms with Gasteiger partial charge in [-0.3, -0.25) is 0 Å². The monoisotopic (exact) mass is 455 g/mol. The summed E-state index contributed by atoms with van der Waals surface area (Å²) in [6, 6.07) is 14.0. The zero-order chi connectivity index (χ0) is 22.7. The van der Waals surface area contributed by atoms with Crippen LogP contribution >= 0.6 is 0 Å². The predicted molar refractivity (Wildman–Crippen MR) is 128 cm³/mol. The number of likely N-dealkylation sites (tertiary alicyclic amines) is 1. The largest absolute Gasteiger partial charge is 0.493 e. The van der Waals surface area contributed by atoms with Gasteiger partial charge in [-0.15, -0.1) is 0 Å². The van der Waals surface area contributed by atoms with E-state index in [0.717, 1.165) is 26.1 Å². The molecule has 5 nitrogen and oxygen atoms in total. The van der Waals surface area contributed by atoms with E-state index in [9.17, 15) is 8.42 Å². The Kier molecular flexibility index (Phi) is 6.91. The Bertz CT molecular complexity index is 1170. The molecular weight excluding hydrogens is 422 g/mol. The summed E-state index contributed by atoms with van der Waals surface area (Å²) in [6.45, 7) is 9.82. The molecule has 1 saturated heterocycles. The molecule has 0 radical (unpaired) electrons. The lowest BCUT2D eigenvalue weighted by Crippen LogP contribution is -2.34. The minimum absolute atomic E-state index is 0.0118. The summed E-state index contributed by atoms with van der Waals surface area (Å²) in [5.74, 6) is 1.36. The van der Waals surface area contributed by atoms with Crippen LogP contribution in [0.15, 0.2) is 52.0 Å². The summed E-state index contributed by atoms with van der Waals surface area (Å²) in [5.41, 5.74) is 4.77. The fraction of sp³-hybridized carbons (Fsp3) is 0.462. The number of hydrogen-bond donors (Lipinski definition) is 0. The van der Waals surface area contributed by atoms with Gasteiger partial charge in [0.1, 0.15) is 11.3 Å². The number of nitrogens with zero attached hydrogens (tertiary/aromatic N) is 1. The van der Waals surface area contributed by atoms with Gasteiger partial charge in [-0.25, -0.2) is 8.42 Å². The number of hydrogen-bond acceptors (Lipinski definition) is 5. The molecule has 0 N–H and O–H groups in total. The van der Waals surface area contributed by atoms with Gasteiger partial charge in [0.15, 0.2) is 0 Å². The smallest absolute Gasteiger partial charge is 0.219 e. The van der Waals surface area contributed by atoms with Gasteiger partial charge >= 0.3 is 0 Å². The summed E-state index contributed by atoms with van der Waals surface area (Å²) in [4.78, 5) is 2.52. The van der Waals surface area contributed by atoms with E-state index < -0.39 is 9.84 Å². The zero-order valence-corrected chi connectivity index (χ0v) is 20.1. The van der Waals surface area contributed by atoms with Crippen molar-refractivity contribution in [3.63, 3.8) is 0 Å². The first-order chi connectivity index (χ1) is 15.4. The van der Waals surface area contributed by atoms with Crippen LogP contribution < -0.4 is 4.74 Å². The lowest BCUT2D eigenvalue weighted by Gasteiger charge is -2.32. The first-order valence-corrected chi connectivity index (χ1v) is 13.2. The fourth-order valence-corrected chi connectivity index (χ4v) is 5.21. The highest BCUT2D eigenvalue weighted by Crippen LogP contribution is 2.32. The topological polar surface area (TPSA) is 59.8 Å². The third-order valence-corrected chi connectivity index (χ3v) is 8.23. The van der Waals surface area contributed by atoms with Crippen molar-refractivity contribution in [2.75, 3.05) is 32.0 Å². The molecule has 0 aliphatic carbocycles. The normalized spacial score (nSPS) is 16.0. The van der Waals surface area contributed by atoms with Crippen LogP contribution in [0.5, 0.6) is 5.75 Å². The molecule has 1 fully saturated rings. The number of sulfone groups is 1. The van der Waals surface area contributed by atoms with Crippen molar-refractivity contribution in [2.45, 2.75) is 51.0 Å². The molecule has 2 aromatic carbocycles. The van der Waals surface area contributed by atoms with Gasteiger partial charge in [-0.2, -0.15) is 0 Å². The Morgan fingerprint density at radius 1 is 1.06 bits per heavy atom. The summed E-state index contributed by atoms with van der Waals surface area (Å²) in [5, 5.41) is 0.728. The van der Waals surface area contributed by atoms with E-state index in [-0.39, 0.29) is 10.8 Å². The van der Waals surface area contributed by atoms with E-state index in [1.807, 2.05) is 12.1 Å². The molecule has 1 aromatic heterocycles. The van der Waals surface area contributed by atoms with Crippen LogP contribution in [0, 0.1) is 13.8 Å². The van der Waals surface area contributed by atoms with E-state index in [0.29, 0.717) is 29.2 Å². The van der Waals surface area contributed by atoms with Crippen LogP contribution in [0.3, 0.4) is 0 Å². The average molecular weight is 456 g/mol. The highest BCUT2D eigenvalue weighted by atomic mass is 32.2. The van der Waals surface area contributed by atoms with E-state index in [1.165, 1.54) is 29.5 Å². The molecule has 3 aromatic rings. The highest BCUT2D eigenvalue weighted by molar-refractivity contribution is 7.91. The van der Waals surface area contributed by atoms with E-state index in [2.05, 4.69) is 36.9 Å². The molecule has 2 heterocycles. The molecule has 0 amide bonds. The Hall–Kier alpha value is -2.31. The second kappa shape index (κ2) is 9.67. The molecule has 4 rings (SSSR count). The summed E-state index contributed by atoms with van der Waals surface area (Å²) < 4.78 is 35.8. The van der Waals surface area contributed by atoms with E-state index in [1.54, 1.807) is 19.1 Å². The molecular formula is C26H33NO4S. The van der Waals surface area contributed by atoms with Gasteiger partial charge in [0.25, 0.3) is 0 Å². The standard InChI is InChI=1S/C26H33NO4S/c1-4-32(28,29)26-18-23-24(7-5-8-25(23)31-26)30-16-6-13-27-14-11-21(12-15-27)22-10-9-19(2)20(3)17-22/h5,7-10,17-18,21H,4,6,11-16H2,1-3H3. The quantitative estimate of drug-likeness (QED) is 0.420.